The Bertz CT molecular complexity index is 3510. The van der Waals surface area contributed by atoms with Gasteiger partial charge in [-0.2, -0.15) is 0 Å². The van der Waals surface area contributed by atoms with Gasteiger partial charge >= 0.3 is 0 Å². The molecule has 0 bridgehead atoms. The van der Waals surface area contributed by atoms with Gasteiger partial charge in [0.15, 0.2) is 0 Å². The van der Waals surface area contributed by atoms with Crippen molar-refractivity contribution in [3.63, 3.8) is 0 Å². The molecule has 11 aromatic carbocycles. The SMILES string of the molecule is c1ccc(C2(c3ccccc3)c3cc(-c4cc5ccc6cccc7ccc(c4)c5c67)ccc3-c3c(-c4ccc5oc6ccccc6c5c4)cc4ccccc4c32)cc1. The second-order valence-corrected chi connectivity index (χ2v) is 16.0. The van der Waals surface area contributed by atoms with Crippen molar-refractivity contribution in [3.05, 3.63) is 229 Å². The first-order valence-corrected chi connectivity index (χ1v) is 20.2. The highest BCUT2D eigenvalue weighted by Gasteiger charge is 2.48. The Hall–Kier alpha value is -7.48. The highest BCUT2D eigenvalue weighted by atomic mass is 16.3. The fraction of sp³-hybridized carbons (Fsp3) is 0.0175. The number of benzene rings is 11. The molecule has 0 unspecified atom stereocenters. The number of fused-ring (bicyclic) bond motifs is 8. The van der Waals surface area contributed by atoms with Crippen LogP contribution >= 0.6 is 0 Å². The zero-order valence-corrected chi connectivity index (χ0v) is 31.5. The topological polar surface area (TPSA) is 13.1 Å². The molecule has 0 saturated heterocycles. The Labute approximate surface area is 335 Å². The first-order chi connectivity index (χ1) is 28.7. The summed E-state index contributed by atoms with van der Waals surface area (Å²) in [5, 5.41) is 12.6. The minimum Gasteiger partial charge on any atom is -0.456 e. The molecule has 0 saturated carbocycles. The third-order valence-corrected chi connectivity index (χ3v) is 13.0. The molecule has 1 aromatic heterocycles. The summed E-state index contributed by atoms with van der Waals surface area (Å²) in [6.07, 6.45) is 0. The van der Waals surface area contributed by atoms with Gasteiger partial charge in [0.25, 0.3) is 0 Å². The van der Waals surface area contributed by atoms with Crippen LogP contribution in [0.4, 0.5) is 0 Å². The zero-order valence-electron chi connectivity index (χ0n) is 31.5. The molecule has 1 heterocycles. The van der Waals surface area contributed by atoms with Gasteiger partial charge in [0, 0.05) is 10.8 Å². The van der Waals surface area contributed by atoms with Crippen LogP contribution in [-0.2, 0) is 5.41 Å². The minimum atomic E-state index is -0.596. The third kappa shape index (κ3) is 4.25. The molecule has 0 spiro atoms. The van der Waals surface area contributed by atoms with Crippen LogP contribution in [-0.4, -0.2) is 0 Å². The van der Waals surface area contributed by atoms with Crippen LogP contribution in [0.1, 0.15) is 22.3 Å². The largest absolute Gasteiger partial charge is 0.456 e. The summed E-state index contributed by atoms with van der Waals surface area (Å²) in [5.41, 5.74) is 13.8. The second kappa shape index (κ2) is 11.8. The summed E-state index contributed by atoms with van der Waals surface area (Å²) in [7, 11) is 0. The van der Waals surface area contributed by atoms with E-state index in [-0.39, 0.29) is 0 Å². The van der Waals surface area contributed by atoms with Gasteiger partial charge in [-0.15, -0.1) is 0 Å². The van der Waals surface area contributed by atoms with E-state index in [1.54, 1.807) is 0 Å². The number of rotatable bonds is 4. The summed E-state index contributed by atoms with van der Waals surface area (Å²) in [5.74, 6) is 0. The van der Waals surface area contributed by atoms with E-state index in [4.69, 9.17) is 4.42 Å². The Morgan fingerprint density at radius 3 is 1.66 bits per heavy atom. The molecule has 13 rings (SSSR count). The van der Waals surface area contributed by atoms with E-state index < -0.39 is 5.41 Å². The Kier molecular flexibility index (Phi) is 6.43. The van der Waals surface area contributed by atoms with E-state index in [1.165, 1.54) is 98.7 Å². The predicted molar refractivity (Wildman–Crippen MR) is 243 cm³/mol. The molecular weight excluding hydrogens is 701 g/mol. The molecule has 1 aliphatic rings. The maximum atomic E-state index is 6.33. The van der Waals surface area contributed by atoms with Crippen LogP contribution in [0.3, 0.4) is 0 Å². The molecular formula is C57H34O. The molecule has 0 N–H and O–H groups in total. The summed E-state index contributed by atoms with van der Waals surface area (Å²) < 4.78 is 6.33. The van der Waals surface area contributed by atoms with Crippen LogP contribution < -0.4 is 0 Å². The molecule has 0 atom stereocenters. The Morgan fingerprint density at radius 1 is 0.328 bits per heavy atom. The van der Waals surface area contributed by atoms with Crippen LogP contribution in [0.15, 0.2) is 211 Å². The van der Waals surface area contributed by atoms with Crippen molar-refractivity contribution in [3.8, 4) is 33.4 Å². The summed E-state index contributed by atoms with van der Waals surface area (Å²) >= 11 is 0. The van der Waals surface area contributed by atoms with Crippen LogP contribution in [0.25, 0.3) is 98.4 Å². The van der Waals surface area contributed by atoms with Crippen molar-refractivity contribution in [2.24, 2.45) is 0 Å². The molecule has 0 aliphatic heterocycles. The van der Waals surface area contributed by atoms with Crippen molar-refractivity contribution in [2.45, 2.75) is 5.41 Å². The highest BCUT2D eigenvalue weighted by molar-refractivity contribution is 6.24. The average Bonchev–Trinajstić information content (AvgIpc) is 3.82. The van der Waals surface area contributed by atoms with Gasteiger partial charge in [-0.05, 0) is 141 Å². The first-order valence-electron chi connectivity index (χ1n) is 20.2. The van der Waals surface area contributed by atoms with Crippen molar-refractivity contribution in [2.75, 3.05) is 0 Å². The standard InChI is InChI=1S/C57H34O/c1-3-15-43(16-4-1)57(44-17-5-2-6-18-44)50-34-37(42-30-40-24-22-35-13-11-14-36-23-25-41(31-42)54(40)53(35)36)26-28-47(50)55-48(32-38-12-7-8-19-45(38)56(55)57)39-27-29-52-49(33-39)46-20-9-10-21-51(46)58-52/h1-34H. The zero-order chi connectivity index (χ0) is 38.0. The highest BCUT2D eigenvalue weighted by Crippen LogP contribution is 2.61. The van der Waals surface area contributed by atoms with Gasteiger partial charge in [-0.25, -0.2) is 0 Å². The molecule has 1 heteroatoms. The lowest BCUT2D eigenvalue weighted by molar-refractivity contribution is 0.669. The van der Waals surface area contributed by atoms with Crippen LogP contribution in [0.5, 0.6) is 0 Å². The fourth-order valence-corrected chi connectivity index (χ4v) is 10.6. The monoisotopic (exact) mass is 734 g/mol. The Balaban J connectivity index is 1.15. The third-order valence-electron chi connectivity index (χ3n) is 13.0. The number of para-hydroxylation sites is 1. The van der Waals surface area contributed by atoms with E-state index in [9.17, 15) is 0 Å². The van der Waals surface area contributed by atoms with E-state index in [2.05, 4.69) is 200 Å². The van der Waals surface area contributed by atoms with Crippen molar-refractivity contribution in [1.82, 2.24) is 0 Å². The second-order valence-electron chi connectivity index (χ2n) is 16.0. The van der Waals surface area contributed by atoms with Gasteiger partial charge in [0.2, 0.25) is 0 Å². The summed E-state index contributed by atoms with van der Waals surface area (Å²) in [6.45, 7) is 0. The van der Waals surface area contributed by atoms with Gasteiger partial charge in [0.05, 0.1) is 5.41 Å². The van der Waals surface area contributed by atoms with E-state index in [0.717, 1.165) is 21.9 Å². The number of hydrogen-bond acceptors (Lipinski definition) is 1. The average molecular weight is 735 g/mol. The van der Waals surface area contributed by atoms with Crippen molar-refractivity contribution < 1.29 is 4.42 Å². The Morgan fingerprint density at radius 2 is 0.914 bits per heavy atom. The van der Waals surface area contributed by atoms with Gasteiger partial charge < -0.3 is 4.42 Å². The number of furan rings is 1. The van der Waals surface area contributed by atoms with Gasteiger partial charge in [0.1, 0.15) is 11.2 Å². The van der Waals surface area contributed by atoms with Gasteiger partial charge in [-0.3, -0.25) is 0 Å². The summed E-state index contributed by atoms with van der Waals surface area (Å²) in [4.78, 5) is 0. The quantitative estimate of drug-likeness (QED) is 0.164. The van der Waals surface area contributed by atoms with Crippen molar-refractivity contribution in [1.29, 1.82) is 0 Å². The normalized spacial score (nSPS) is 13.3. The fourth-order valence-electron chi connectivity index (χ4n) is 10.6. The lowest BCUT2D eigenvalue weighted by atomic mass is 9.66. The molecule has 0 amide bonds. The molecule has 0 radical (unpaired) electrons. The maximum absolute atomic E-state index is 6.33. The van der Waals surface area contributed by atoms with Crippen LogP contribution in [0.2, 0.25) is 0 Å². The number of hydrogen-bond donors (Lipinski definition) is 0. The van der Waals surface area contributed by atoms with Crippen molar-refractivity contribution >= 4 is 65.0 Å². The molecule has 12 aromatic rings. The van der Waals surface area contributed by atoms with Gasteiger partial charge in [-0.1, -0.05) is 164 Å². The van der Waals surface area contributed by atoms with E-state index in [0.29, 0.717) is 0 Å². The smallest absolute Gasteiger partial charge is 0.135 e. The van der Waals surface area contributed by atoms with Crippen LogP contribution in [0, 0.1) is 0 Å². The molecule has 1 aliphatic carbocycles. The first kappa shape index (κ1) is 31.7. The lowest BCUT2D eigenvalue weighted by Gasteiger charge is -2.35. The molecule has 268 valence electrons. The minimum absolute atomic E-state index is 0.596. The predicted octanol–water partition coefficient (Wildman–Crippen LogP) is 15.3. The van der Waals surface area contributed by atoms with E-state index in [1.807, 2.05) is 6.07 Å². The lowest BCUT2D eigenvalue weighted by Crippen LogP contribution is -2.29. The van der Waals surface area contributed by atoms with E-state index >= 15 is 0 Å². The summed E-state index contributed by atoms with van der Waals surface area (Å²) in [6, 6.07) is 76.7. The molecule has 58 heavy (non-hydrogen) atoms. The maximum Gasteiger partial charge on any atom is 0.135 e. The molecule has 0 fully saturated rings. The molecule has 1 nitrogen and oxygen atoms in total.